The van der Waals surface area contributed by atoms with Crippen molar-refractivity contribution in [3.63, 3.8) is 0 Å². The lowest BCUT2D eigenvalue weighted by atomic mass is 10.2. The summed E-state index contributed by atoms with van der Waals surface area (Å²) in [4.78, 5) is 8.40. The Bertz CT molecular complexity index is 411. The number of rotatable bonds is 1. The molecule has 2 aromatic rings. The predicted octanol–water partition coefficient (Wildman–Crippen LogP) is 3.11. The van der Waals surface area contributed by atoms with Gasteiger partial charge < -0.3 is 0 Å². The number of aromatic nitrogens is 2. The van der Waals surface area contributed by atoms with Crippen molar-refractivity contribution in [2.24, 2.45) is 0 Å². The summed E-state index contributed by atoms with van der Waals surface area (Å²) in [5, 5.41) is 0.630. The highest BCUT2D eigenvalue weighted by Gasteiger charge is 1.99. The van der Waals surface area contributed by atoms with Crippen LogP contribution in [0.1, 0.15) is 5.69 Å². The van der Waals surface area contributed by atoms with E-state index in [4.69, 9.17) is 11.6 Å². The maximum absolute atomic E-state index is 5.84. The van der Waals surface area contributed by atoms with E-state index in [2.05, 4.69) is 9.97 Å². The highest BCUT2D eigenvalue weighted by molar-refractivity contribution is 6.30. The largest absolute Gasteiger partial charge is 0.262 e. The van der Waals surface area contributed by atoms with Crippen molar-refractivity contribution in [1.82, 2.24) is 9.97 Å². The van der Waals surface area contributed by atoms with Gasteiger partial charge in [-0.25, -0.2) is 0 Å². The molecule has 0 unspecified atom stereocenters. The Labute approximate surface area is 87.6 Å². The maximum atomic E-state index is 5.84. The first-order valence-corrected chi connectivity index (χ1v) is 4.68. The monoisotopic (exact) mass is 204 g/mol. The molecule has 0 aliphatic carbocycles. The van der Waals surface area contributed by atoms with Gasteiger partial charge in [-0.05, 0) is 25.1 Å². The van der Waals surface area contributed by atoms with E-state index >= 15 is 0 Å². The van der Waals surface area contributed by atoms with E-state index in [0.29, 0.717) is 5.02 Å². The van der Waals surface area contributed by atoms with Gasteiger partial charge in [0.15, 0.2) is 0 Å². The minimum absolute atomic E-state index is 0.630. The van der Waals surface area contributed by atoms with Crippen molar-refractivity contribution in [1.29, 1.82) is 0 Å². The van der Waals surface area contributed by atoms with Crippen LogP contribution in [0.5, 0.6) is 0 Å². The Morgan fingerprint density at radius 1 is 1.21 bits per heavy atom. The number of nitrogens with zero attached hydrogens (tertiary/aromatic N) is 2. The standard InChI is InChI=1S/C11H9ClN2/c1-8-3-2-4-11(14-8)9-5-10(12)7-13-6-9/h2-7H,1H3. The minimum Gasteiger partial charge on any atom is -0.262 e. The first-order chi connectivity index (χ1) is 6.75. The highest BCUT2D eigenvalue weighted by atomic mass is 35.5. The second kappa shape index (κ2) is 3.76. The van der Waals surface area contributed by atoms with Gasteiger partial charge in [-0.2, -0.15) is 0 Å². The molecule has 0 spiro atoms. The molecule has 2 heterocycles. The molecule has 0 saturated carbocycles. The molecule has 2 aromatic heterocycles. The van der Waals surface area contributed by atoms with E-state index < -0.39 is 0 Å². The summed E-state index contributed by atoms with van der Waals surface area (Å²) in [7, 11) is 0. The van der Waals surface area contributed by atoms with E-state index in [1.807, 2.05) is 31.2 Å². The number of pyridine rings is 2. The summed E-state index contributed by atoms with van der Waals surface area (Å²) in [6, 6.07) is 7.73. The third-order valence-electron chi connectivity index (χ3n) is 1.89. The van der Waals surface area contributed by atoms with Crippen molar-refractivity contribution in [2.75, 3.05) is 0 Å². The van der Waals surface area contributed by atoms with Gasteiger partial charge in [-0.1, -0.05) is 17.7 Å². The number of hydrogen-bond donors (Lipinski definition) is 0. The predicted molar refractivity (Wildman–Crippen MR) is 57.2 cm³/mol. The van der Waals surface area contributed by atoms with E-state index in [9.17, 15) is 0 Å². The zero-order chi connectivity index (χ0) is 9.97. The third kappa shape index (κ3) is 1.91. The van der Waals surface area contributed by atoms with Crippen LogP contribution in [0.25, 0.3) is 11.3 Å². The molecule has 0 saturated heterocycles. The fraction of sp³-hybridized carbons (Fsp3) is 0.0909. The maximum Gasteiger partial charge on any atom is 0.0721 e. The van der Waals surface area contributed by atoms with Gasteiger partial charge in [0.1, 0.15) is 0 Å². The number of halogens is 1. The number of aryl methyl sites for hydroxylation is 1. The van der Waals surface area contributed by atoms with E-state index in [-0.39, 0.29) is 0 Å². The van der Waals surface area contributed by atoms with Crippen LogP contribution in [0.3, 0.4) is 0 Å². The van der Waals surface area contributed by atoms with Gasteiger partial charge >= 0.3 is 0 Å². The Balaban J connectivity index is 2.49. The lowest BCUT2D eigenvalue weighted by Crippen LogP contribution is -1.86. The van der Waals surface area contributed by atoms with Crippen LogP contribution in [0.4, 0.5) is 0 Å². The summed E-state index contributed by atoms with van der Waals surface area (Å²) >= 11 is 5.84. The molecule has 2 rings (SSSR count). The Hall–Kier alpha value is -1.41. The summed E-state index contributed by atoms with van der Waals surface area (Å²) < 4.78 is 0. The second-order valence-corrected chi connectivity index (χ2v) is 3.49. The Morgan fingerprint density at radius 2 is 2.07 bits per heavy atom. The SMILES string of the molecule is Cc1cccc(-c2cncc(Cl)c2)n1. The fourth-order valence-electron chi connectivity index (χ4n) is 1.26. The summed E-state index contributed by atoms with van der Waals surface area (Å²) in [5.41, 5.74) is 2.84. The van der Waals surface area contributed by atoms with Crippen molar-refractivity contribution < 1.29 is 0 Å². The van der Waals surface area contributed by atoms with Gasteiger partial charge in [0, 0.05) is 23.7 Å². The van der Waals surface area contributed by atoms with E-state index in [0.717, 1.165) is 17.0 Å². The molecule has 3 heteroatoms. The molecule has 70 valence electrons. The first-order valence-electron chi connectivity index (χ1n) is 4.30. The lowest BCUT2D eigenvalue weighted by molar-refractivity contribution is 1.20. The van der Waals surface area contributed by atoms with Crippen LogP contribution in [-0.2, 0) is 0 Å². The quantitative estimate of drug-likeness (QED) is 0.714. The molecule has 2 nitrogen and oxygen atoms in total. The summed E-state index contributed by atoms with van der Waals surface area (Å²) in [5.74, 6) is 0. The van der Waals surface area contributed by atoms with Gasteiger partial charge in [0.25, 0.3) is 0 Å². The molecule has 0 aromatic carbocycles. The molecule has 0 amide bonds. The summed E-state index contributed by atoms with van der Waals surface area (Å²) in [6.07, 6.45) is 3.37. The van der Waals surface area contributed by atoms with Crippen LogP contribution < -0.4 is 0 Å². The van der Waals surface area contributed by atoms with E-state index in [1.54, 1.807) is 12.4 Å². The van der Waals surface area contributed by atoms with Gasteiger partial charge in [-0.3, -0.25) is 9.97 Å². The molecule has 0 fully saturated rings. The van der Waals surface area contributed by atoms with Crippen LogP contribution in [0.2, 0.25) is 5.02 Å². The van der Waals surface area contributed by atoms with Crippen molar-refractivity contribution in [2.45, 2.75) is 6.92 Å². The normalized spacial score (nSPS) is 10.1. The zero-order valence-corrected chi connectivity index (χ0v) is 8.49. The first kappa shape index (κ1) is 9.16. The topological polar surface area (TPSA) is 25.8 Å². The Morgan fingerprint density at radius 3 is 2.79 bits per heavy atom. The summed E-state index contributed by atoms with van der Waals surface area (Å²) in [6.45, 7) is 1.96. The minimum atomic E-state index is 0.630. The van der Waals surface area contributed by atoms with Crippen molar-refractivity contribution in [3.8, 4) is 11.3 Å². The van der Waals surface area contributed by atoms with Crippen LogP contribution >= 0.6 is 11.6 Å². The molecule has 14 heavy (non-hydrogen) atoms. The van der Waals surface area contributed by atoms with Crippen molar-refractivity contribution in [3.05, 3.63) is 47.4 Å². The zero-order valence-electron chi connectivity index (χ0n) is 7.74. The second-order valence-electron chi connectivity index (χ2n) is 3.06. The van der Waals surface area contributed by atoms with Crippen LogP contribution in [0.15, 0.2) is 36.7 Å². The molecule has 0 aliphatic heterocycles. The van der Waals surface area contributed by atoms with Gasteiger partial charge in [0.2, 0.25) is 0 Å². The van der Waals surface area contributed by atoms with Crippen LogP contribution in [-0.4, -0.2) is 9.97 Å². The molecule has 0 radical (unpaired) electrons. The highest BCUT2D eigenvalue weighted by Crippen LogP contribution is 2.19. The molecule has 0 N–H and O–H groups in total. The average Bonchev–Trinajstić information content (AvgIpc) is 2.18. The van der Waals surface area contributed by atoms with Crippen LogP contribution in [0, 0.1) is 6.92 Å². The van der Waals surface area contributed by atoms with E-state index in [1.165, 1.54) is 0 Å². The molecule has 0 bridgehead atoms. The fourth-order valence-corrected chi connectivity index (χ4v) is 1.43. The molecular formula is C11H9ClN2. The Kier molecular flexibility index (Phi) is 2.46. The molecule has 0 aliphatic rings. The van der Waals surface area contributed by atoms with Gasteiger partial charge in [0.05, 0.1) is 10.7 Å². The van der Waals surface area contributed by atoms with Gasteiger partial charge in [-0.15, -0.1) is 0 Å². The number of hydrogen-bond acceptors (Lipinski definition) is 2. The lowest BCUT2D eigenvalue weighted by Gasteiger charge is -2.01. The molecule has 0 atom stereocenters. The molecular weight excluding hydrogens is 196 g/mol. The third-order valence-corrected chi connectivity index (χ3v) is 2.10. The smallest absolute Gasteiger partial charge is 0.0721 e. The average molecular weight is 205 g/mol. The van der Waals surface area contributed by atoms with Crippen molar-refractivity contribution >= 4 is 11.6 Å².